The molecule has 0 aliphatic rings. The van der Waals surface area contributed by atoms with Crippen molar-refractivity contribution in [3.63, 3.8) is 0 Å². The van der Waals surface area contributed by atoms with Crippen molar-refractivity contribution in [3.05, 3.63) is 17.0 Å². The molecule has 0 aromatic carbocycles. The lowest BCUT2D eigenvalue weighted by Crippen LogP contribution is -2.35. The highest BCUT2D eigenvalue weighted by Crippen LogP contribution is 2.27. The number of aryl methyl sites for hydroxylation is 2. The highest BCUT2D eigenvalue weighted by Gasteiger charge is 2.24. The first-order valence-electron chi connectivity index (χ1n) is 6.73. The molecule has 19 heavy (non-hydrogen) atoms. The molecule has 1 aromatic rings. The molecule has 1 unspecified atom stereocenters. The fourth-order valence-corrected chi connectivity index (χ4v) is 2.68. The molecule has 0 saturated heterocycles. The van der Waals surface area contributed by atoms with Gasteiger partial charge in [0.25, 0.3) is 0 Å². The van der Waals surface area contributed by atoms with Gasteiger partial charge in [-0.1, -0.05) is 0 Å². The van der Waals surface area contributed by atoms with Crippen molar-refractivity contribution in [2.75, 3.05) is 6.54 Å². The smallest absolute Gasteiger partial charge is 0.304 e. The van der Waals surface area contributed by atoms with Gasteiger partial charge in [0.15, 0.2) is 0 Å². The Morgan fingerprint density at radius 3 is 2.32 bits per heavy atom. The number of carbonyl (C=O) groups is 1. The predicted molar refractivity (Wildman–Crippen MR) is 75.2 cm³/mol. The van der Waals surface area contributed by atoms with E-state index >= 15 is 0 Å². The number of nitrogens with zero attached hydrogens (tertiary/aromatic N) is 3. The van der Waals surface area contributed by atoms with Crippen LogP contribution in [0.15, 0.2) is 0 Å². The van der Waals surface area contributed by atoms with Crippen molar-refractivity contribution in [3.8, 4) is 0 Å². The maximum atomic E-state index is 10.8. The molecule has 5 nitrogen and oxygen atoms in total. The second-order valence-electron chi connectivity index (χ2n) is 5.36. The third-order valence-electron chi connectivity index (χ3n) is 3.73. The number of rotatable bonds is 6. The molecule has 5 heteroatoms. The fourth-order valence-electron chi connectivity index (χ4n) is 2.68. The van der Waals surface area contributed by atoms with Crippen LogP contribution in [0.1, 0.15) is 50.2 Å². The Morgan fingerprint density at radius 1 is 1.37 bits per heavy atom. The van der Waals surface area contributed by atoms with Gasteiger partial charge in [0.05, 0.1) is 12.1 Å². The zero-order valence-electron chi connectivity index (χ0n) is 12.8. The van der Waals surface area contributed by atoms with Crippen LogP contribution in [0.3, 0.4) is 0 Å². The van der Waals surface area contributed by atoms with Gasteiger partial charge >= 0.3 is 5.97 Å². The highest BCUT2D eigenvalue weighted by atomic mass is 16.4. The minimum atomic E-state index is -0.752. The minimum Gasteiger partial charge on any atom is -0.481 e. The first kappa shape index (κ1) is 15.7. The maximum Gasteiger partial charge on any atom is 0.304 e. The van der Waals surface area contributed by atoms with E-state index in [1.807, 2.05) is 18.7 Å². The standard InChI is InChI=1S/C14H25N3O2/c1-9(2)17(8-7-13(18)19)12(5)14-10(3)15-16(6)11(14)4/h9,12H,7-8H2,1-6H3,(H,18,19). The summed E-state index contributed by atoms with van der Waals surface area (Å²) < 4.78 is 1.89. The first-order valence-corrected chi connectivity index (χ1v) is 6.73. The summed E-state index contributed by atoms with van der Waals surface area (Å²) in [7, 11) is 1.94. The van der Waals surface area contributed by atoms with E-state index in [0.29, 0.717) is 12.6 Å². The average molecular weight is 267 g/mol. The molecule has 1 N–H and O–H groups in total. The third kappa shape index (κ3) is 3.56. The molecular weight excluding hydrogens is 242 g/mol. The molecule has 1 aromatic heterocycles. The van der Waals surface area contributed by atoms with Crippen LogP contribution in [0, 0.1) is 13.8 Å². The monoisotopic (exact) mass is 267 g/mol. The first-order chi connectivity index (χ1) is 8.75. The van der Waals surface area contributed by atoms with Gasteiger partial charge in [-0.15, -0.1) is 0 Å². The van der Waals surface area contributed by atoms with Gasteiger partial charge in [-0.25, -0.2) is 0 Å². The zero-order chi connectivity index (χ0) is 14.7. The van der Waals surface area contributed by atoms with Crippen molar-refractivity contribution in [1.29, 1.82) is 0 Å². The summed E-state index contributed by atoms with van der Waals surface area (Å²) >= 11 is 0. The SMILES string of the molecule is Cc1nn(C)c(C)c1C(C)N(CCC(=O)O)C(C)C. The summed E-state index contributed by atoms with van der Waals surface area (Å²) in [6, 6.07) is 0.474. The van der Waals surface area contributed by atoms with Crippen LogP contribution >= 0.6 is 0 Å². The number of carboxylic acid groups (broad SMARTS) is 1. The molecule has 0 bridgehead atoms. The van der Waals surface area contributed by atoms with Gasteiger partial charge in [0.1, 0.15) is 0 Å². The second-order valence-corrected chi connectivity index (χ2v) is 5.36. The van der Waals surface area contributed by atoms with Gasteiger partial charge < -0.3 is 5.11 Å². The van der Waals surface area contributed by atoms with Crippen LogP contribution in [0.2, 0.25) is 0 Å². The van der Waals surface area contributed by atoms with Gasteiger partial charge in [-0.3, -0.25) is 14.4 Å². The van der Waals surface area contributed by atoms with Crippen molar-refractivity contribution in [2.24, 2.45) is 7.05 Å². The van der Waals surface area contributed by atoms with E-state index in [1.54, 1.807) is 0 Å². The lowest BCUT2D eigenvalue weighted by molar-refractivity contribution is -0.137. The molecule has 0 aliphatic heterocycles. The lowest BCUT2D eigenvalue weighted by Gasteiger charge is -2.32. The number of hydrogen-bond donors (Lipinski definition) is 1. The molecule has 108 valence electrons. The molecule has 0 saturated carbocycles. The van der Waals surface area contributed by atoms with E-state index in [9.17, 15) is 4.79 Å². The highest BCUT2D eigenvalue weighted by molar-refractivity contribution is 5.66. The predicted octanol–water partition coefficient (Wildman–Crippen LogP) is 2.28. The number of carboxylic acids is 1. The third-order valence-corrected chi connectivity index (χ3v) is 3.73. The maximum absolute atomic E-state index is 10.8. The molecular formula is C14H25N3O2. The Hall–Kier alpha value is -1.36. The van der Waals surface area contributed by atoms with Crippen molar-refractivity contribution < 1.29 is 9.90 Å². The summed E-state index contributed by atoms with van der Waals surface area (Å²) in [4.78, 5) is 13.0. The van der Waals surface area contributed by atoms with E-state index in [0.717, 1.165) is 11.4 Å². The largest absolute Gasteiger partial charge is 0.481 e. The molecule has 1 rings (SSSR count). The van der Waals surface area contributed by atoms with E-state index in [2.05, 4.69) is 37.7 Å². The van der Waals surface area contributed by atoms with Crippen LogP contribution in [0.25, 0.3) is 0 Å². The summed E-state index contributed by atoms with van der Waals surface area (Å²) in [6.45, 7) is 10.9. The summed E-state index contributed by atoms with van der Waals surface area (Å²) in [5.41, 5.74) is 3.38. The van der Waals surface area contributed by atoms with Gasteiger partial charge in [-0.05, 0) is 34.6 Å². The van der Waals surface area contributed by atoms with Crippen LogP contribution in [-0.4, -0.2) is 38.3 Å². The lowest BCUT2D eigenvalue weighted by atomic mass is 10.0. The van der Waals surface area contributed by atoms with E-state index < -0.39 is 5.97 Å². The zero-order valence-corrected chi connectivity index (χ0v) is 12.8. The Bertz CT molecular complexity index is 452. The van der Waals surface area contributed by atoms with Crippen LogP contribution in [0.5, 0.6) is 0 Å². The van der Waals surface area contributed by atoms with Crippen LogP contribution in [-0.2, 0) is 11.8 Å². The summed E-state index contributed by atoms with van der Waals surface area (Å²) in [5.74, 6) is -0.752. The fraction of sp³-hybridized carbons (Fsp3) is 0.714. The van der Waals surface area contributed by atoms with Gasteiger partial charge in [0, 0.05) is 36.9 Å². The molecule has 0 fully saturated rings. The second kappa shape index (κ2) is 6.19. The van der Waals surface area contributed by atoms with E-state index in [4.69, 9.17) is 5.11 Å². The van der Waals surface area contributed by atoms with Gasteiger partial charge in [0.2, 0.25) is 0 Å². The Balaban J connectivity index is 2.98. The van der Waals surface area contributed by atoms with E-state index in [1.165, 1.54) is 5.56 Å². The average Bonchev–Trinajstić information content (AvgIpc) is 2.52. The molecule has 1 atom stereocenters. The molecule has 0 amide bonds. The molecule has 0 aliphatic carbocycles. The topological polar surface area (TPSA) is 58.4 Å². The Kier molecular flexibility index (Phi) is 5.11. The summed E-state index contributed by atoms with van der Waals surface area (Å²) in [5, 5.41) is 13.3. The Morgan fingerprint density at radius 2 is 1.95 bits per heavy atom. The number of aliphatic carboxylic acids is 1. The van der Waals surface area contributed by atoms with Crippen LogP contribution in [0.4, 0.5) is 0 Å². The van der Waals surface area contributed by atoms with Crippen molar-refractivity contribution in [2.45, 2.75) is 53.1 Å². The van der Waals surface area contributed by atoms with Crippen molar-refractivity contribution in [1.82, 2.24) is 14.7 Å². The quantitative estimate of drug-likeness (QED) is 0.859. The number of aromatic nitrogens is 2. The van der Waals surface area contributed by atoms with E-state index in [-0.39, 0.29) is 12.5 Å². The van der Waals surface area contributed by atoms with Crippen LogP contribution < -0.4 is 0 Å². The molecule has 1 heterocycles. The van der Waals surface area contributed by atoms with Gasteiger partial charge in [-0.2, -0.15) is 5.10 Å². The molecule has 0 spiro atoms. The number of hydrogen-bond acceptors (Lipinski definition) is 3. The normalized spacial score (nSPS) is 13.3. The Labute approximate surface area is 115 Å². The van der Waals surface area contributed by atoms with Crippen molar-refractivity contribution >= 4 is 5.97 Å². The minimum absolute atomic E-state index is 0.168. The molecule has 0 radical (unpaired) electrons. The summed E-state index contributed by atoms with van der Waals surface area (Å²) in [6.07, 6.45) is 0.168.